The van der Waals surface area contributed by atoms with Gasteiger partial charge < -0.3 is 14.8 Å². The molecule has 0 aliphatic rings. The van der Waals surface area contributed by atoms with Crippen molar-refractivity contribution in [1.29, 1.82) is 0 Å². The molecule has 2 heterocycles. The first kappa shape index (κ1) is 18.1. The number of thiophene rings is 1. The predicted molar refractivity (Wildman–Crippen MR) is 103 cm³/mol. The van der Waals surface area contributed by atoms with Gasteiger partial charge in [-0.1, -0.05) is 30.3 Å². The first-order chi connectivity index (χ1) is 12.8. The number of nitrogens with zero attached hydrogens (tertiary/aromatic N) is 1. The number of hydrogen-bond acceptors (Lipinski definition) is 6. The second-order valence-corrected chi connectivity index (χ2v) is 6.64. The Morgan fingerprint density at radius 2 is 1.96 bits per heavy atom. The second kappa shape index (κ2) is 9.12. The molecule has 1 N–H and O–H groups in total. The first-order valence-electron chi connectivity index (χ1n) is 8.26. The Balaban J connectivity index is 1.45. The highest BCUT2D eigenvalue weighted by atomic mass is 32.1. The number of hydrogen-bond donors (Lipinski definition) is 1. The van der Waals surface area contributed by atoms with Crippen LogP contribution in [0.2, 0.25) is 0 Å². The lowest BCUT2D eigenvalue weighted by Gasteiger charge is -2.08. The molecule has 1 aromatic carbocycles. The van der Waals surface area contributed by atoms with Crippen molar-refractivity contribution in [2.24, 2.45) is 0 Å². The Labute approximate surface area is 156 Å². The van der Waals surface area contributed by atoms with Crippen molar-refractivity contribution in [2.45, 2.75) is 6.61 Å². The average molecular weight is 368 g/mol. The molecule has 0 spiro atoms. The lowest BCUT2D eigenvalue weighted by molar-refractivity contribution is 0.0606. The molecule has 0 radical (unpaired) electrons. The number of anilines is 1. The number of benzene rings is 1. The maximum absolute atomic E-state index is 11.5. The molecule has 5 nitrogen and oxygen atoms in total. The van der Waals surface area contributed by atoms with Crippen molar-refractivity contribution in [2.75, 3.05) is 25.6 Å². The van der Waals surface area contributed by atoms with Gasteiger partial charge in [0.2, 0.25) is 0 Å². The number of aromatic nitrogens is 1. The van der Waals surface area contributed by atoms with Crippen LogP contribution in [0.15, 0.2) is 60.8 Å². The fourth-order valence-electron chi connectivity index (χ4n) is 2.36. The number of carbonyl (C=O) groups is 1. The Morgan fingerprint density at radius 3 is 2.69 bits per heavy atom. The van der Waals surface area contributed by atoms with Gasteiger partial charge in [0.1, 0.15) is 4.88 Å². The summed E-state index contributed by atoms with van der Waals surface area (Å²) in [6, 6.07) is 17.6. The highest BCUT2D eigenvalue weighted by Gasteiger charge is 2.10. The molecule has 0 amide bonds. The van der Waals surface area contributed by atoms with Crippen LogP contribution in [-0.4, -0.2) is 31.2 Å². The van der Waals surface area contributed by atoms with Crippen LogP contribution in [0.3, 0.4) is 0 Å². The third kappa shape index (κ3) is 4.91. The Bertz CT molecular complexity index is 832. The molecule has 0 bridgehead atoms. The van der Waals surface area contributed by atoms with Gasteiger partial charge in [0.05, 0.1) is 42.8 Å². The zero-order valence-corrected chi connectivity index (χ0v) is 15.3. The average Bonchev–Trinajstić information content (AvgIpc) is 3.19. The fraction of sp³-hybridized carbons (Fsp3) is 0.200. The number of ether oxygens (including phenoxy) is 2. The van der Waals surface area contributed by atoms with Gasteiger partial charge in [-0.3, -0.25) is 4.98 Å². The molecule has 6 heteroatoms. The van der Waals surface area contributed by atoms with Crippen LogP contribution < -0.4 is 5.32 Å². The van der Waals surface area contributed by atoms with E-state index in [0.717, 1.165) is 16.3 Å². The summed E-state index contributed by atoms with van der Waals surface area (Å²) in [5, 5.41) is 3.28. The molecule has 0 unspecified atom stereocenters. The molecule has 0 saturated carbocycles. The zero-order chi connectivity index (χ0) is 18.2. The van der Waals surface area contributed by atoms with Crippen LogP contribution in [0.5, 0.6) is 0 Å². The van der Waals surface area contributed by atoms with Crippen molar-refractivity contribution >= 4 is 23.0 Å². The number of rotatable bonds is 8. The number of nitrogens with one attached hydrogen (secondary N) is 1. The lowest BCUT2D eigenvalue weighted by atomic mass is 10.2. The second-order valence-electron chi connectivity index (χ2n) is 5.55. The summed E-state index contributed by atoms with van der Waals surface area (Å²) in [7, 11) is 1.38. The molecule has 0 saturated heterocycles. The number of pyridine rings is 1. The van der Waals surface area contributed by atoms with Crippen LogP contribution in [0.25, 0.3) is 10.6 Å². The Hall–Kier alpha value is -2.70. The quantitative estimate of drug-likeness (QED) is 0.476. The van der Waals surface area contributed by atoms with Gasteiger partial charge in [0, 0.05) is 6.54 Å². The maximum Gasteiger partial charge on any atom is 0.348 e. The van der Waals surface area contributed by atoms with Crippen LogP contribution >= 0.6 is 11.3 Å². The van der Waals surface area contributed by atoms with Crippen LogP contribution in [0, 0.1) is 0 Å². The van der Waals surface area contributed by atoms with E-state index in [0.29, 0.717) is 24.6 Å². The van der Waals surface area contributed by atoms with E-state index in [1.165, 1.54) is 24.0 Å². The molecule has 3 rings (SSSR count). The van der Waals surface area contributed by atoms with E-state index in [9.17, 15) is 4.79 Å². The van der Waals surface area contributed by atoms with Crippen molar-refractivity contribution in [3.8, 4) is 10.6 Å². The van der Waals surface area contributed by atoms with Crippen molar-refractivity contribution in [3.05, 3.63) is 71.2 Å². The molecular weight excluding hydrogens is 348 g/mol. The molecule has 134 valence electrons. The van der Waals surface area contributed by atoms with Crippen molar-refractivity contribution in [1.82, 2.24) is 4.98 Å². The molecule has 26 heavy (non-hydrogen) atoms. The van der Waals surface area contributed by atoms with E-state index in [-0.39, 0.29) is 5.97 Å². The Morgan fingerprint density at radius 1 is 1.12 bits per heavy atom. The van der Waals surface area contributed by atoms with Crippen molar-refractivity contribution in [3.63, 3.8) is 0 Å². The predicted octanol–water partition coefficient (Wildman–Crippen LogP) is 4.23. The van der Waals surface area contributed by atoms with E-state index in [1.54, 1.807) is 12.3 Å². The van der Waals surface area contributed by atoms with Crippen LogP contribution in [-0.2, 0) is 16.1 Å². The Kier molecular flexibility index (Phi) is 6.35. The van der Waals surface area contributed by atoms with E-state index >= 15 is 0 Å². The molecule has 2 aromatic heterocycles. The van der Waals surface area contributed by atoms with Gasteiger partial charge in [-0.2, -0.15) is 0 Å². The largest absolute Gasteiger partial charge is 0.465 e. The summed E-state index contributed by atoms with van der Waals surface area (Å²) in [5.74, 6) is -0.324. The third-order valence-corrected chi connectivity index (χ3v) is 4.78. The molecular formula is C20H20N2O3S. The SMILES string of the molecule is COC(=O)c1ccc(-c2ccc(NCCOCc3ccccc3)cn2)s1. The highest BCUT2D eigenvalue weighted by molar-refractivity contribution is 7.17. The summed E-state index contributed by atoms with van der Waals surface area (Å²) in [6.07, 6.45) is 1.78. The number of esters is 1. The lowest BCUT2D eigenvalue weighted by Crippen LogP contribution is -2.09. The van der Waals surface area contributed by atoms with Crippen LogP contribution in [0.1, 0.15) is 15.2 Å². The van der Waals surface area contributed by atoms with E-state index in [1.807, 2.05) is 48.5 Å². The molecule has 0 atom stereocenters. The summed E-state index contributed by atoms with van der Waals surface area (Å²) < 4.78 is 10.4. The molecule has 0 aliphatic carbocycles. The summed E-state index contributed by atoms with van der Waals surface area (Å²) in [6.45, 7) is 1.93. The monoisotopic (exact) mass is 368 g/mol. The van der Waals surface area contributed by atoms with Gasteiger partial charge in [-0.05, 0) is 29.8 Å². The minimum absolute atomic E-state index is 0.324. The molecule has 0 aliphatic heterocycles. The van der Waals surface area contributed by atoms with Gasteiger partial charge in [-0.25, -0.2) is 4.79 Å². The van der Waals surface area contributed by atoms with Gasteiger partial charge in [0.25, 0.3) is 0 Å². The molecule has 3 aromatic rings. The summed E-state index contributed by atoms with van der Waals surface area (Å²) >= 11 is 1.37. The van der Waals surface area contributed by atoms with E-state index in [2.05, 4.69) is 10.3 Å². The fourth-order valence-corrected chi connectivity index (χ4v) is 3.26. The summed E-state index contributed by atoms with van der Waals surface area (Å²) in [4.78, 5) is 17.5. The maximum atomic E-state index is 11.5. The highest BCUT2D eigenvalue weighted by Crippen LogP contribution is 2.27. The smallest absolute Gasteiger partial charge is 0.348 e. The third-order valence-electron chi connectivity index (χ3n) is 3.70. The van der Waals surface area contributed by atoms with E-state index in [4.69, 9.17) is 9.47 Å². The van der Waals surface area contributed by atoms with E-state index < -0.39 is 0 Å². The first-order valence-corrected chi connectivity index (χ1v) is 9.08. The normalized spacial score (nSPS) is 10.5. The molecule has 0 fully saturated rings. The van der Waals surface area contributed by atoms with Gasteiger partial charge in [-0.15, -0.1) is 11.3 Å². The van der Waals surface area contributed by atoms with Crippen molar-refractivity contribution < 1.29 is 14.3 Å². The standard InChI is InChI=1S/C20H20N2O3S/c1-24-20(23)19-10-9-18(26-19)17-8-7-16(13-22-17)21-11-12-25-14-15-5-3-2-4-6-15/h2-10,13,21H,11-12,14H2,1H3. The van der Waals surface area contributed by atoms with Gasteiger partial charge in [0.15, 0.2) is 0 Å². The number of methoxy groups -OCH3 is 1. The topological polar surface area (TPSA) is 60.5 Å². The van der Waals surface area contributed by atoms with Gasteiger partial charge >= 0.3 is 5.97 Å². The minimum Gasteiger partial charge on any atom is -0.465 e. The minimum atomic E-state index is -0.324. The number of carbonyl (C=O) groups excluding carboxylic acids is 1. The van der Waals surface area contributed by atoms with Crippen LogP contribution in [0.4, 0.5) is 5.69 Å². The zero-order valence-electron chi connectivity index (χ0n) is 14.5. The summed E-state index contributed by atoms with van der Waals surface area (Å²) in [5.41, 5.74) is 2.93.